The summed E-state index contributed by atoms with van der Waals surface area (Å²) in [7, 11) is 1.62. The van der Waals surface area contributed by atoms with E-state index in [1.807, 2.05) is 12.1 Å². The van der Waals surface area contributed by atoms with Crippen LogP contribution in [-0.4, -0.2) is 26.4 Å². The Kier molecular flexibility index (Phi) is 4.43. The highest BCUT2D eigenvalue weighted by molar-refractivity contribution is 5.66. The summed E-state index contributed by atoms with van der Waals surface area (Å²) in [5.74, 6) is 0.721. The van der Waals surface area contributed by atoms with E-state index >= 15 is 0 Å². The van der Waals surface area contributed by atoms with Crippen molar-refractivity contribution in [2.45, 2.75) is 25.3 Å². The minimum atomic E-state index is 0.343. The van der Waals surface area contributed by atoms with Gasteiger partial charge in [0.05, 0.1) is 18.4 Å². The third-order valence-electron chi connectivity index (χ3n) is 3.17. The lowest BCUT2D eigenvalue weighted by molar-refractivity contribution is 0.144. The summed E-state index contributed by atoms with van der Waals surface area (Å²) in [5, 5.41) is 12.6. The molecule has 0 aromatic heterocycles. The van der Waals surface area contributed by atoms with Gasteiger partial charge in [-0.1, -0.05) is 6.07 Å². The number of rotatable bonds is 3. The summed E-state index contributed by atoms with van der Waals surface area (Å²) >= 11 is 0. The molecule has 0 amide bonds. The first kappa shape index (κ1) is 12.7. The van der Waals surface area contributed by atoms with Crippen molar-refractivity contribution in [3.63, 3.8) is 0 Å². The summed E-state index contributed by atoms with van der Waals surface area (Å²) < 4.78 is 10.8. The number of anilines is 1. The molecule has 1 unspecified atom stereocenters. The molecule has 96 valence electrons. The van der Waals surface area contributed by atoms with Gasteiger partial charge in [0.25, 0.3) is 0 Å². The number of hydrogen-bond acceptors (Lipinski definition) is 4. The molecule has 4 nitrogen and oxygen atoms in total. The Hall–Kier alpha value is -1.73. The Bertz CT molecular complexity index is 432. The molecule has 1 aromatic carbocycles. The molecule has 2 rings (SSSR count). The van der Waals surface area contributed by atoms with Gasteiger partial charge in [0, 0.05) is 19.3 Å². The van der Waals surface area contributed by atoms with Crippen molar-refractivity contribution >= 4 is 5.69 Å². The van der Waals surface area contributed by atoms with E-state index in [9.17, 15) is 0 Å². The Morgan fingerprint density at radius 2 is 2.28 bits per heavy atom. The van der Waals surface area contributed by atoms with Gasteiger partial charge in [-0.2, -0.15) is 5.26 Å². The number of nitriles is 1. The van der Waals surface area contributed by atoms with Gasteiger partial charge in [-0.05, 0) is 31.4 Å². The fourth-order valence-electron chi connectivity index (χ4n) is 2.20. The number of hydrogen-bond donors (Lipinski definition) is 1. The van der Waals surface area contributed by atoms with E-state index in [1.54, 1.807) is 13.2 Å². The van der Waals surface area contributed by atoms with Crippen LogP contribution in [0, 0.1) is 11.3 Å². The molecule has 1 aromatic rings. The third kappa shape index (κ3) is 2.93. The number of methoxy groups -OCH3 is 1. The molecule has 1 fully saturated rings. The first-order chi connectivity index (χ1) is 8.85. The highest BCUT2D eigenvalue weighted by Crippen LogP contribution is 2.29. The van der Waals surface area contributed by atoms with E-state index in [0.717, 1.165) is 43.9 Å². The van der Waals surface area contributed by atoms with Crippen molar-refractivity contribution in [1.29, 1.82) is 5.26 Å². The summed E-state index contributed by atoms with van der Waals surface area (Å²) in [6.45, 7) is 1.60. The Labute approximate surface area is 108 Å². The van der Waals surface area contributed by atoms with Gasteiger partial charge in [-0.25, -0.2) is 0 Å². The van der Waals surface area contributed by atoms with Crippen molar-refractivity contribution in [3.05, 3.63) is 23.8 Å². The van der Waals surface area contributed by atoms with Crippen LogP contribution in [0.5, 0.6) is 5.75 Å². The second-order valence-electron chi connectivity index (χ2n) is 4.38. The maximum Gasteiger partial charge on any atom is 0.143 e. The summed E-state index contributed by atoms with van der Waals surface area (Å²) in [6.07, 6.45) is 3.07. The molecule has 1 aliphatic rings. The molecule has 1 N–H and O–H groups in total. The maximum atomic E-state index is 9.15. The molecule has 0 aliphatic carbocycles. The van der Waals surface area contributed by atoms with Gasteiger partial charge in [-0.15, -0.1) is 0 Å². The van der Waals surface area contributed by atoms with Crippen molar-refractivity contribution in [2.24, 2.45) is 0 Å². The van der Waals surface area contributed by atoms with Crippen LogP contribution in [0.1, 0.15) is 24.8 Å². The molecule has 0 bridgehead atoms. The molecule has 1 saturated heterocycles. The SMILES string of the molecule is COc1cccc(C#N)c1NC1CCCOCC1. The first-order valence-corrected chi connectivity index (χ1v) is 6.26. The predicted octanol–water partition coefficient (Wildman–Crippen LogP) is 2.55. The van der Waals surface area contributed by atoms with E-state index in [-0.39, 0.29) is 0 Å². The highest BCUT2D eigenvalue weighted by Gasteiger charge is 2.16. The Balaban J connectivity index is 2.18. The monoisotopic (exact) mass is 246 g/mol. The topological polar surface area (TPSA) is 54.3 Å². The minimum Gasteiger partial charge on any atom is -0.495 e. The number of benzene rings is 1. The largest absolute Gasteiger partial charge is 0.495 e. The second-order valence-corrected chi connectivity index (χ2v) is 4.38. The van der Waals surface area contributed by atoms with Crippen LogP contribution in [0.2, 0.25) is 0 Å². The molecule has 1 heterocycles. The summed E-state index contributed by atoms with van der Waals surface area (Å²) in [6, 6.07) is 8.05. The molecule has 0 radical (unpaired) electrons. The molecule has 0 saturated carbocycles. The van der Waals surface area contributed by atoms with E-state index in [0.29, 0.717) is 11.6 Å². The molecular formula is C14H18N2O2. The maximum absolute atomic E-state index is 9.15. The molecule has 1 atom stereocenters. The van der Waals surface area contributed by atoms with Gasteiger partial charge >= 0.3 is 0 Å². The van der Waals surface area contributed by atoms with Gasteiger partial charge in [0.15, 0.2) is 0 Å². The fraction of sp³-hybridized carbons (Fsp3) is 0.500. The zero-order valence-corrected chi connectivity index (χ0v) is 10.6. The van der Waals surface area contributed by atoms with E-state index in [4.69, 9.17) is 14.7 Å². The van der Waals surface area contributed by atoms with Gasteiger partial charge in [0.1, 0.15) is 11.8 Å². The van der Waals surface area contributed by atoms with Gasteiger partial charge in [0.2, 0.25) is 0 Å². The highest BCUT2D eigenvalue weighted by atomic mass is 16.5. The van der Waals surface area contributed by atoms with Crippen LogP contribution < -0.4 is 10.1 Å². The average molecular weight is 246 g/mol. The molecule has 4 heteroatoms. The van der Waals surface area contributed by atoms with Crippen LogP contribution in [0.4, 0.5) is 5.69 Å². The van der Waals surface area contributed by atoms with Crippen LogP contribution >= 0.6 is 0 Å². The van der Waals surface area contributed by atoms with E-state index in [1.165, 1.54) is 0 Å². The summed E-state index contributed by atoms with van der Waals surface area (Å²) in [5.41, 5.74) is 1.42. The molecular weight excluding hydrogens is 228 g/mol. The van der Waals surface area contributed by atoms with E-state index in [2.05, 4.69) is 11.4 Å². The van der Waals surface area contributed by atoms with Crippen LogP contribution in [0.15, 0.2) is 18.2 Å². The number of nitrogens with zero attached hydrogens (tertiary/aromatic N) is 1. The number of nitrogens with one attached hydrogen (secondary N) is 1. The molecule has 1 aliphatic heterocycles. The lowest BCUT2D eigenvalue weighted by atomic mass is 10.1. The smallest absolute Gasteiger partial charge is 0.143 e. The third-order valence-corrected chi connectivity index (χ3v) is 3.17. The fourth-order valence-corrected chi connectivity index (χ4v) is 2.20. The van der Waals surface area contributed by atoms with Crippen LogP contribution in [0.3, 0.4) is 0 Å². The van der Waals surface area contributed by atoms with Gasteiger partial charge in [-0.3, -0.25) is 0 Å². The minimum absolute atomic E-state index is 0.343. The lowest BCUT2D eigenvalue weighted by Crippen LogP contribution is -2.20. The standard InChI is InChI=1S/C14H18N2O2/c1-17-13-6-2-4-11(10-15)14(13)16-12-5-3-8-18-9-7-12/h2,4,6,12,16H,3,5,7-9H2,1H3. The zero-order chi connectivity index (χ0) is 12.8. The first-order valence-electron chi connectivity index (χ1n) is 6.26. The molecule has 18 heavy (non-hydrogen) atoms. The van der Waals surface area contributed by atoms with Crippen molar-refractivity contribution in [1.82, 2.24) is 0 Å². The average Bonchev–Trinajstić information content (AvgIpc) is 2.67. The number of para-hydroxylation sites is 1. The quantitative estimate of drug-likeness (QED) is 0.890. The normalized spacial score (nSPS) is 19.7. The zero-order valence-electron chi connectivity index (χ0n) is 10.6. The van der Waals surface area contributed by atoms with Crippen molar-refractivity contribution in [3.8, 4) is 11.8 Å². The Morgan fingerprint density at radius 3 is 3.06 bits per heavy atom. The van der Waals surface area contributed by atoms with Gasteiger partial charge < -0.3 is 14.8 Å². The summed E-state index contributed by atoms with van der Waals surface area (Å²) in [4.78, 5) is 0. The Morgan fingerprint density at radius 1 is 1.39 bits per heavy atom. The van der Waals surface area contributed by atoms with E-state index < -0.39 is 0 Å². The predicted molar refractivity (Wildman–Crippen MR) is 69.8 cm³/mol. The van der Waals surface area contributed by atoms with Crippen LogP contribution in [-0.2, 0) is 4.74 Å². The number of ether oxygens (including phenoxy) is 2. The molecule has 0 spiro atoms. The lowest BCUT2D eigenvalue weighted by Gasteiger charge is -2.20. The van der Waals surface area contributed by atoms with Crippen molar-refractivity contribution < 1.29 is 9.47 Å². The van der Waals surface area contributed by atoms with Crippen molar-refractivity contribution in [2.75, 3.05) is 25.6 Å². The van der Waals surface area contributed by atoms with Crippen LogP contribution in [0.25, 0.3) is 0 Å². The second kappa shape index (κ2) is 6.27.